The molecule has 0 heterocycles. The first-order chi connectivity index (χ1) is 7.07. The number of phenolic OH excluding ortho intramolecular Hbond substituents is 1. The van der Waals surface area contributed by atoms with E-state index < -0.39 is 0 Å². The van der Waals surface area contributed by atoms with Gasteiger partial charge in [-0.2, -0.15) is 0 Å². The van der Waals surface area contributed by atoms with E-state index in [4.69, 9.17) is 4.74 Å². The van der Waals surface area contributed by atoms with Gasteiger partial charge in [0.25, 0.3) is 0 Å². The van der Waals surface area contributed by atoms with E-state index in [2.05, 4.69) is 0 Å². The van der Waals surface area contributed by atoms with E-state index in [0.717, 1.165) is 6.42 Å². The molecule has 0 saturated heterocycles. The van der Waals surface area contributed by atoms with Crippen LogP contribution in [0.5, 0.6) is 11.5 Å². The molecule has 0 saturated carbocycles. The summed E-state index contributed by atoms with van der Waals surface area (Å²) in [5.41, 5.74) is 0.965. The van der Waals surface area contributed by atoms with Crippen LogP contribution in [0.1, 0.15) is 36.2 Å². The molecule has 1 aromatic rings. The molecule has 0 aromatic heterocycles. The molecule has 0 aliphatic heterocycles. The zero-order chi connectivity index (χ0) is 11.4. The number of ketones is 1. The van der Waals surface area contributed by atoms with Gasteiger partial charge in [-0.3, -0.25) is 4.79 Å². The summed E-state index contributed by atoms with van der Waals surface area (Å²) in [7, 11) is 0. The van der Waals surface area contributed by atoms with Crippen LogP contribution in [0.4, 0.5) is 0 Å². The van der Waals surface area contributed by atoms with Crippen molar-refractivity contribution < 1.29 is 14.6 Å². The van der Waals surface area contributed by atoms with Gasteiger partial charge < -0.3 is 9.84 Å². The molecule has 0 unspecified atom stereocenters. The second kappa shape index (κ2) is 4.82. The number of ether oxygens (including phenoxy) is 1. The highest BCUT2D eigenvalue weighted by molar-refractivity contribution is 5.97. The van der Waals surface area contributed by atoms with Crippen LogP contribution in [-0.4, -0.2) is 17.5 Å². The van der Waals surface area contributed by atoms with Crippen molar-refractivity contribution in [3.05, 3.63) is 23.3 Å². The van der Waals surface area contributed by atoms with E-state index in [1.807, 2.05) is 6.92 Å². The number of benzene rings is 1. The first-order valence-electron chi connectivity index (χ1n) is 5.04. The molecule has 0 bridgehead atoms. The van der Waals surface area contributed by atoms with Crippen molar-refractivity contribution in [3.63, 3.8) is 0 Å². The molecule has 3 nitrogen and oxygen atoms in total. The monoisotopic (exact) mass is 208 g/mol. The fourth-order valence-electron chi connectivity index (χ4n) is 1.33. The summed E-state index contributed by atoms with van der Waals surface area (Å²) in [5, 5.41) is 9.75. The van der Waals surface area contributed by atoms with Gasteiger partial charge in [0.2, 0.25) is 0 Å². The Morgan fingerprint density at radius 1 is 1.47 bits per heavy atom. The van der Waals surface area contributed by atoms with Crippen LogP contribution in [0, 0.1) is 6.92 Å². The fourth-order valence-corrected chi connectivity index (χ4v) is 1.33. The predicted octanol–water partition coefficient (Wildman–Crippen LogP) is 2.69. The summed E-state index contributed by atoms with van der Waals surface area (Å²) in [5.74, 6) is 0.521. The highest BCUT2D eigenvalue weighted by Gasteiger charge is 2.12. The Hall–Kier alpha value is -1.51. The van der Waals surface area contributed by atoms with Crippen LogP contribution >= 0.6 is 0 Å². The van der Waals surface area contributed by atoms with Gasteiger partial charge in [-0.25, -0.2) is 0 Å². The third-order valence-electron chi connectivity index (χ3n) is 2.22. The number of hydrogen-bond acceptors (Lipinski definition) is 3. The second-order valence-electron chi connectivity index (χ2n) is 3.49. The summed E-state index contributed by atoms with van der Waals surface area (Å²) in [4.78, 5) is 11.1. The van der Waals surface area contributed by atoms with Crippen molar-refractivity contribution >= 4 is 5.78 Å². The Bertz CT molecular complexity index is 369. The molecule has 1 aromatic carbocycles. The molecule has 82 valence electrons. The molecule has 1 rings (SSSR count). The van der Waals surface area contributed by atoms with Gasteiger partial charge in [-0.15, -0.1) is 0 Å². The third kappa shape index (κ3) is 2.49. The number of carbonyl (C=O) groups excluding carboxylic acids is 1. The lowest BCUT2D eigenvalue weighted by atomic mass is 10.1. The number of carbonyl (C=O) groups is 1. The van der Waals surface area contributed by atoms with E-state index in [9.17, 15) is 9.90 Å². The smallest absolute Gasteiger partial charge is 0.163 e. The highest BCUT2D eigenvalue weighted by Crippen LogP contribution is 2.30. The van der Waals surface area contributed by atoms with Crippen LogP contribution in [0.3, 0.4) is 0 Å². The van der Waals surface area contributed by atoms with Gasteiger partial charge in [0.05, 0.1) is 12.2 Å². The molecule has 0 aliphatic carbocycles. The van der Waals surface area contributed by atoms with E-state index in [1.165, 1.54) is 6.92 Å². The summed E-state index contributed by atoms with van der Waals surface area (Å²) < 4.78 is 5.43. The Kier molecular flexibility index (Phi) is 3.72. The van der Waals surface area contributed by atoms with Crippen LogP contribution in [0.15, 0.2) is 12.1 Å². The quantitative estimate of drug-likeness (QED) is 0.774. The minimum atomic E-state index is -0.141. The lowest BCUT2D eigenvalue weighted by Crippen LogP contribution is -2.00. The molecule has 0 fully saturated rings. The maximum Gasteiger partial charge on any atom is 0.163 e. The molecule has 1 N–H and O–H groups in total. The summed E-state index contributed by atoms with van der Waals surface area (Å²) in [6, 6.07) is 3.32. The first-order valence-corrected chi connectivity index (χ1v) is 5.04. The average molecular weight is 208 g/mol. The fraction of sp³-hybridized carbons (Fsp3) is 0.417. The maximum absolute atomic E-state index is 11.1. The van der Waals surface area contributed by atoms with Crippen molar-refractivity contribution in [2.45, 2.75) is 27.2 Å². The standard InChI is InChI=1S/C12H16O3/c1-4-7-15-11-6-5-10(9(3)13)12(14)8(11)2/h5-6,14H,4,7H2,1-3H3. The van der Waals surface area contributed by atoms with Crippen molar-refractivity contribution in [1.82, 2.24) is 0 Å². The Morgan fingerprint density at radius 3 is 2.67 bits per heavy atom. The van der Waals surface area contributed by atoms with Crippen LogP contribution in [0.2, 0.25) is 0 Å². The number of rotatable bonds is 4. The zero-order valence-electron chi connectivity index (χ0n) is 9.33. The van der Waals surface area contributed by atoms with Gasteiger partial charge in [0, 0.05) is 5.56 Å². The van der Waals surface area contributed by atoms with E-state index in [0.29, 0.717) is 23.5 Å². The lowest BCUT2D eigenvalue weighted by molar-refractivity contribution is 0.101. The van der Waals surface area contributed by atoms with E-state index in [1.54, 1.807) is 19.1 Å². The van der Waals surface area contributed by atoms with Crippen LogP contribution in [0.25, 0.3) is 0 Å². The normalized spacial score (nSPS) is 10.1. The molecule has 15 heavy (non-hydrogen) atoms. The molecule has 0 spiro atoms. The number of phenols is 1. The van der Waals surface area contributed by atoms with Crippen molar-refractivity contribution in [3.8, 4) is 11.5 Å². The predicted molar refractivity (Wildman–Crippen MR) is 58.6 cm³/mol. The van der Waals surface area contributed by atoms with Crippen LogP contribution in [-0.2, 0) is 0 Å². The molecule has 0 radical (unpaired) electrons. The Balaban J connectivity index is 3.04. The van der Waals surface area contributed by atoms with Gasteiger partial charge >= 0.3 is 0 Å². The SMILES string of the molecule is CCCOc1ccc(C(C)=O)c(O)c1C. The number of hydrogen-bond donors (Lipinski definition) is 1. The van der Waals surface area contributed by atoms with Gasteiger partial charge in [-0.1, -0.05) is 6.92 Å². The highest BCUT2D eigenvalue weighted by atomic mass is 16.5. The van der Waals surface area contributed by atoms with E-state index >= 15 is 0 Å². The Morgan fingerprint density at radius 2 is 2.13 bits per heavy atom. The third-order valence-corrected chi connectivity index (χ3v) is 2.22. The van der Waals surface area contributed by atoms with Gasteiger partial charge in [0.1, 0.15) is 11.5 Å². The van der Waals surface area contributed by atoms with Crippen molar-refractivity contribution in [2.24, 2.45) is 0 Å². The van der Waals surface area contributed by atoms with Crippen LogP contribution < -0.4 is 4.74 Å². The molecular weight excluding hydrogens is 192 g/mol. The maximum atomic E-state index is 11.1. The Labute approximate surface area is 89.7 Å². The zero-order valence-corrected chi connectivity index (χ0v) is 9.33. The molecule has 3 heteroatoms. The lowest BCUT2D eigenvalue weighted by Gasteiger charge is -2.11. The largest absolute Gasteiger partial charge is 0.507 e. The summed E-state index contributed by atoms with van der Waals surface area (Å²) in [6.45, 7) is 5.80. The molecule has 0 atom stereocenters. The first kappa shape index (κ1) is 11.6. The van der Waals surface area contributed by atoms with E-state index in [-0.39, 0.29) is 11.5 Å². The summed E-state index contributed by atoms with van der Waals surface area (Å²) >= 11 is 0. The molecular formula is C12H16O3. The topological polar surface area (TPSA) is 46.5 Å². The molecule has 0 amide bonds. The van der Waals surface area contributed by atoms with Gasteiger partial charge in [0.15, 0.2) is 5.78 Å². The average Bonchev–Trinajstić information content (AvgIpc) is 2.20. The number of aromatic hydroxyl groups is 1. The second-order valence-corrected chi connectivity index (χ2v) is 3.49. The van der Waals surface area contributed by atoms with Gasteiger partial charge in [-0.05, 0) is 32.4 Å². The van der Waals surface area contributed by atoms with Crippen molar-refractivity contribution in [2.75, 3.05) is 6.61 Å². The minimum absolute atomic E-state index is 0.0242. The summed E-state index contributed by atoms with van der Waals surface area (Å²) in [6.07, 6.45) is 0.911. The minimum Gasteiger partial charge on any atom is -0.507 e. The van der Waals surface area contributed by atoms with Crippen molar-refractivity contribution in [1.29, 1.82) is 0 Å². The molecule has 0 aliphatic rings. The number of Topliss-reactive ketones (excluding diaryl/α,β-unsaturated/α-hetero) is 1.